The van der Waals surface area contributed by atoms with Crippen LogP contribution < -0.4 is 10.6 Å². The maximum atomic E-state index is 11.9. The molecule has 2 aliphatic heterocycles. The van der Waals surface area contributed by atoms with Gasteiger partial charge in [-0.05, 0) is 31.7 Å². The van der Waals surface area contributed by atoms with E-state index in [1.807, 2.05) is 0 Å². The van der Waals surface area contributed by atoms with Gasteiger partial charge in [-0.2, -0.15) is 0 Å². The maximum absolute atomic E-state index is 11.9. The highest BCUT2D eigenvalue weighted by molar-refractivity contribution is 5.82. The second-order valence-corrected chi connectivity index (χ2v) is 4.71. The van der Waals surface area contributed by atoms with E-state index in [0.717, 1.165) is 26.0 Å². The number of hydrogen-bond donors (Lipinski definition) is 2. The summed E-state index contributed by atoms with van der Waals surface area (Å²) in [5.41, 5.74) is 0. The highest BCUT2D eigenvalue weighted by Crippen LogP contribution is 2.15. The summed E-state index contributed by atoms with van der Waals surface area (Å²) < 4.78 is 5.23. The van der Waals surface area contributed by atoms with Crippen molar-refractivity contribution in [2.24, 2.45) is 5.92 Å². The Morgan fingerprint density at radius 3 is 3.00 bits per heavy atom. The van der Waals surface area contributed by atoms with Gasteiger partial charge in [0.2, 0.25) is 5.91 Å². The van der Waals surface area contributed by atoms with Crippen molar-refractivity contribution in [2.75, 3.05) is 19.8 Å². The van der Waals surface area contributed by atoms with Crippen LogP contribution in [0.15, 0.2) is 0 Å². The summed E-state index contributed by atoms with van der Waals surface area (Å²) in [6, 6.07) is 0.242. The molecule has 2 saturated heterocycles. The van der Waals surface area contributed by atoms with E-state index in [2.05, 4.69) is 17.6 Å². The average Bonchev–Trinajstić information content (AvgIpc) is 2.70. The molecule has 0 radical (unpaired) electrons. The lowest BCUT2D eigenvalue weighted by atomic mass is 9.94. The van der Waals surface area contributed by atoms with Crippen LogP contribution in [-0.4, -0.2) is 37.7 Å². The van der Waals surface area contributed by atoms with E-state index in [1.54, 1.807) is 0 Å². The molecule has 0 aromatic carbocycles. The fourth-order valence-electron chi connectivity index (χ4n) is 2.26. The number of ether oxygens (including phenoxy) is 1. The van der Waals surface area contributed by atoms with Crippen LogP contribution in [0.1, 0.15) is 26.2 Å². The van der Waals surface area contributed by atoms with Gasteiger partial charge in [0.25, 0.3) is 0 Å². The Labute approximate surface area is 90.8 Å². The van der Waals surface area contributed by atoms with Gasteiger partial charge in [0.05, 0.1) is 18.7 Å². The summed E-state index contributed by atoms with van der Waals surface area (Å²) in [4.78, 5) is 11.9. The third-order valence-electron chi connectivity index (χ3n) is 3.26. The van der Waals surface area contributed by atoms with Crippen LogP contribution in [0.4, 0.5) is 0 Å². The van der Waals surface area contributed by atoms with Crippen LogP contribution in [0.5, 0.6) is 0 Å². The first-order valence-corrected chi connectivity index (χ1v) is 5.87. The molecular weight excluding hydrogens is 192 g/mol. The third kappa shape index (κ3) is 2.92. The predicted octanol–water partition coefficient (Wildman–Crippen LogP) is 0.280. The molecule has 2 aliphatic rings. The zero-order chi connectivity index (χ0) is 10.7. The molecule has 1 amide bonds. The molecule has 0 aliphatic carbocycles. The lowest BCUT2D eigenvalue weighted by Crippen LogP contribution is -2.51. The first-order chi connectivity index (χ1) is 7.25. The largest absolute Gasteiger partial charge is 0.379 e. The predicted molar refractivity (Wildman–Crippen MR) is 57.6 cm³/mol. The van der Waals surface area contributed by atoms with Crippen LogP contribution in [0.25, 0.3) is 0 Å². The van der Waals surface area contributed by atoms with E-state index in [-0.39, 0.29) is 18.0 Å². The average molecular weight is 212 g/mol. The Morgan fingerprint density at radius 2 is 2.33 bits per heavy atom. The van der Waals surface area contributed by atoms with Crippen molar-refractivity contribution in [1.29, 1.82) is 0 Å². The molecular formula is C11H20N2O2. The minimum absolute atomic E-state index is 0.00866. The van der Waals surface area contributed by atoms with Crippen molar-refractivity contribution in [3.63, 3.8) is 0 Å². The Hall–Kier alpha value is -0.610. The molecule has 4 heteroatoms. The fraction of sp³-hybridized carbons (Fsp3) is 0.909. The van der Waals surface area contributed by atoms with Crippen molar-refractivity contribution in [2.45, 2.75) is 38.3 Å². The number of rotatable bonds is 2. The lowest BCUT2D eigenvalue weighted by molar-refractivity contribution is -0.124. The number of carbonyl (C=O) groups is 1. The maximum Gasteiger partial charge on any atom is 0.237 e. The number of hydrogen-bond acceptors (Lipinski definition) is 3. The van der Waals surface area contributed by atoms with Crippen LogP contribution in [0, 0.1) is 5.92 Å². The van der Waals surface area contributed by atoms with Gasteiger partial charge in [-0.1, -0.05) is 6.92 Å². The normalized spacial score (nSPS) is 36.5. The second kappa shape index (κ2) is 4.94. The Morgan fingerprint density at radius 1 is 1.47 bits per heavy atom. The molecule has 2 fully saturated rings. The minimum Gasteiger partial charge on any atom is -0.379 e. The van der Waals surface area contributed by atoms with Gasteiger partial charge < -0.3 is 15.4 Å². The molecule has 86 valence electrons. The summed E-state index contributed by atoms with van der Waals surface area (Å²) in [6.45, 7) is 4.62. The zero-order valence-corrected chi connectivity index (χ0v) is 9.29. The SMILES string of the molecule is CC1CCNC(C(=O)NC2CCOC2)C1. The Balaban J connectivity index is 1.78. The van der Waals surface area contributed by atoms with Gasteiger partial charge in [-0.15, -0.1) is 0 Å². The van der Waals surface area contributed by atoms with Crippen molar-refractivity contribution in [1.82, 2.24) is 10.6 Å². The molecule has 4 nitrogen and oxygen atoms in total. The lowest BCUT2D eigenvalue weighted by Gasteiger charge is -2.28. The van der Waals surface area contributed by atoms with Gasteiger partial charge in [-0.3, -0.25) is 4.79 Å². The van der Waals surface area contributed by atoms with Crippen molar-refractivity contribution in [3.05, 3.63) is 0 Å². The first-order valence-electron chi connectivity index (χ1n) is 5.87. The molecule has 2 rings (SSSR count). The summed E-state index contributed by atoms with van der Waals surface area (Å²) in [5.74, 6) is 0.805. The highest BCUT2D eigenvalue weighted by Gasteiger charge is 2.27. The number of piperidine rings is 1. The topological polar surface area (TPSA) is 50.4 Å². The van der Waals surface area contributed by atoms with Crippen molar-refractivity contribution in [3.8, 4) is 0 Å². The molecule has 0 aromatic heterocycles. The van der Waals surface area contributed by atoms with E-state index in [0.29, 0.717) is 12.5 Å². The molecule has 3 unspecified atom stereocenters. The smallest absolute Gasteiger partial charge is 0.237 e. The molecule has 2 N–H and O–H groups in total. The third-order valence-corrected chi connectivity index (χ3v) is 3.26. The Kier molecular flexibility index (Phi) is 3.59. The summed E-state index contributed by atoms with van der Waals surface area (Å²) >= 11 is 0. The zero-order valence-electron chi connectivity index (χ0n) is 9.29. The fourth-order valence-corrected chi connectivity index (χ4v) is 2.26. The molecule has 3 atom stereocenters. The standard InChI is InChI=1S/C11H20N2O2/c1-8-2-4-12-10(6-8)11(14)13-9-3-5-15-7-9/h8-10,12H,2-7H2,1H3,(H,13,14). The second-order valence-electron chi connectivity index (χ2n) is 4.71. The van der Waals surface area contributed by atoms with Crippen LogP contribution in [0.3, 0.4) is 0 Å². The highest BCUT2D eigenvalue weighted by atomic mass is 16.5. The van der Waals surface area contributed by atoms with Crippen molar-refractivity contribution < 1.29 is 9.53 Å². The number of amides is 1. The van der Waals surface area contributed by atoms with Crippen LogP contribution >= 0.6 is 0 Å². The van der Waals surface area contributed by atoms with E-state index < -0.39 is 0 Å². The molecule has 0 spiro atoms. The van der Waals surface area contributed by atoms with E-state index >= 15 is 0 Å². The van der Waals surface area contributed by atoms with Gasteiger partial charge in [-0.25, -0.2) is 0 Å². The monoisotopic (exact) mass is 212 g/mol. The molecule has 15 heavy (non-hydrogen) atoms. The molecule has 0 bridgehead atoms. The summed E-state index contributed by atoms with van der Waals surface area (Å²) in [6.07, 6.45) is 3.09. The molecule has 0 aromatic rings. The van der Waals surface area contributed by atoms with Gasteiger partial charge >= 0.3 is 0 Å². The van der Waals surface area contributed by atoms with Gasteiger partial charge in [0, 0.05) is 6.61 Å². The first kappa shape index (κ1) is 10.9. The molecule has 0 saturated carbocycles. The van der Waals surface area contributed by atoms with Crippen molar-refractivity contribution >= 4 is 5.91 Å². The van der Waals surface area contributed by atoms with Crippen LogP contribution in [-0.2, 0) is 9.53 Å². The van der Waals surface area contributed by atoms with Gasteiger partial charge in [0.15, 0.2) is 0 Å². The summed E-state index contributed by atoms with van der Waals surface area (Å²) in [5, 5.41) is 6.31. The quantitative estimate of drug-likeness (QED) is 0.691. The van der Waals surface area contributed by atoms with E-state index in [9.17, 15) is 4.79 Å². The number of nitrogens with one attached hydrogen (secondary N) is 2. The Bertz CT molecular complexity index is 227. The van der Waals surface area contributed by atoms with E-state index in [1.165, 1.54) is 6.42 Å². The molecule has 2 heterocycles. The number of carbonyl (C=O) groups excluding carboxylic acids is 1. The van der Waals surface area contributed by atoms with Crippen LogP contribution in [0.2, 0.25) is 0 Å². The minimum atomic E-state index is 0.00866. The summed E-state index contributed by atoms with van der Waals surface area (Å²) in [7, 11) is 0. The van der Waals surface area contributed by atoms with E-state index in [4.69, 9.17) is 4.74 Å². The van der Waals surface area contributed by atoms with Gasteiger partial charge in [0.1, 0.15) is 0 Å².